The summed E-state index contributed by atoms with van der Waals surface area (Å²) in [6, 6.07) is 36.5. The lowest BCUT2D eigenvalue weighted by Crippen LogP contribution is -2.26. The van der Waals surface area contributed by atoms with Crippen LogP contribution < -0.4 is 15.5 Å². The van der Waals surface area contributed by atoms with Crippen molar-refractivity contribution in [3.8, 4) is 0 Å². The van der Waals surface area contributed by atoms with Gasteiger partial charge in [-0.15, -0.1) is 0 Å². The molecule has 0 saturated heterocycles. The number of fused-ring (bicyclic) bond motifs is 1. The van der Waals surface area contributed by atoms with Crippen molar-refractivity contribution in [2.24, 2.45) is 0 Å². The van der Waals surface area contributed by atoms with Crippen LogP contribution in [-0.4, -0.2) is 5.91 Å². The Morgan fingerprint density at radius 1 is 0.656 bits per heavy atom. The first-order chi connectivity index (χ1) is 15.7. The average molecular weight is 435 g/mol. The number of rotatable bonds is 5. The number of amides is 1. The molecule has 0 atom stereocenters. The Kier molecular flexibility index (Phi) is 5.34. The second kappa shape index (κ2) is 8.45. The highest BCUT2D eigenvalue weighted by Crippen LogP contribution is 2.50. The first-order valence-electron chi connectivity index (χ1n) is 10.6. The zero-order valence-corrected chi connectivity index (χ0v) is 18.4. The summed E-state index contributed by atoms with van der Waals surface area (Å²) in [7, 11) is -3.18. The molecule has 0 unspecified atom stereocenters. The summed E-state index contributed by atoms with van der Waals surface area (Å²) >= 11 is 0. The third-order valence-electron chi connectivity index (χ3n) is 5.73. The quantitative estimate of drug-likeness (QED) is 0.303. The molecule has 0 bridgehead atoms. The van der Waals surface area contributed by atoms with Gasteiger partial charge in [-0.3, -0.25) is 4.79 Å². The second-order valence-electron chi connectivity index (χ2n) is 7.77. The van der Waals surface area contributed by atoms with Gasteiger partial charge in [0.2, 0.25) is 0 Å². The monoisotopic (exact) mass is 435 g/mol. The number of carbonyl (C=O) groups excluding carboxylic acids is 1. The van der Waals surface area contributed by atoms with Gasteiger partial charge in [0, 0.05) is 16.2 Å². The van der Waals surface area contributed by atoms with Crippen LogP contribution in [0.3, 0.4) is 0 Å². The van der Waals surface area contributed by atoms with Crippen molar-refractivity contribution >= 4 is 34.9 Å². The van der Waals surface area contributed by atoms with Gasteiger partial charge in [-0.05, 0) is 17.4 Å². The summed E-state index contributed by atoms with van der Waals surface area (Å²) in [4.78, 5) is 15.4. The Morgan fingerprint density at radius 2 is 1.16 bits per heavy atom. The molecule has 1 heterocycles. The van der Waals surface area contributed by atoms with Crippen molar-refractivity contribution in [2.75, 3.05) is 4.90 Å². The fourth-order valence-electron chi connectivity index (χ4n) is 4.13. The lowest BCUT2D eigenvalue weighted by atomic mass is 10.1. The molecule has 0 spiro atoms. The lowest BCUT2D eigenvalue weighted by Gasteiger charge is -2.18. The van der Waals surface area contributed by atoms with Crippen molar-refractivity contribution in [3.05, 3.63) is 132 Å². The van der Waals surface area contributed by atoms with Crippen LogP contribution in [0.15, 0.2) is 121 Å². The van der Waals surface area contributed by atoms with Gasteiger partial charge in [-0.2, -0.15) is 0 Å². The molecule has 0 radical (unpaired) electrons. The molecular weight excluding hydrogens is 413 g/mol. The van der Waals surface area contributed by atoms with E-state index in [-0.39, 0.29) is 5.91 Å². The van der Waals surface area contributed by atoms with Crippen LogP contribution in [0, 0.1) is 0 Å². The smallest absolute Gasteiger partial charge is 0.259 e. The Balaban J connectivity index is 1.66. The van der Waals surface area contributed by atoms with E-state index in [1.807, 2.05) is 115 Å². The molecule has 0 aromatic heterocycles. The van der Waals surface area contributed by atoms with Gasteiger partial charge >= 0.3 is 0 Å². The van der Waals surface area contributed by atoms with E-state index in [1.54, 1.807) is 10.7 Å². The highest BCUT2D eigenvalue weighted by molar-refractivity contribution is 7.81. The van der Waals surface area contributed by atoms with Gasteiger partial charge in [-0.1, -0.05) is 109 Å². The van der Waals surface area contributed by atoms with Gasteiger partial charge in [0.05, 0.1) is 17.8 Å². The van der Waals surface area contributed by atoms with Gasteiger partial charge < -0.3 is 9.46 Å². The lowest BCUT2D eigenvalue weighted by molar-refractivity contribution is -0.113. The number of hydrogen-bond donors (Lipinski definition) is 0. The number of hydrogen-bond acceptors (Lipinski definition) is 2. The molecule has 3 nitrogen and oxygen atoms in total. The Labute approximate surface area is 188 Å². The highest BCUT2D eigenvalue weighted by atomic mass is 31.2. The molecule has 0 N–H and O–H groups in total. The van der Waals surface area contributed by atoms with Crippen LogP contribution in [0.5, 0.6) is 0 Å². The van der Waals surface area contributed by atoms with Gasteiger partial charge in [0.1, 0.15) is 0 Å². The van der Waals surface area contributed by atoms with Gasteiger partial charge in [0.25, 0.3) is 5.91 Å². The largest absolute Gasteiger partial charge is 0.309 e. The fourth-order valence-corrected chi connectivity index (χ4v) is 6.57. The summed E-state index contributed by atoms with van der Waals surface area (Å²) in [6.07, 6.45) is 0. The molecule has 4 aromatic carbocycles. The zero-order valence-electron chi connectivity index (χ0n) is 17.5. The summed E-state index contributed by atoms with van der Waals surface area (Å²) in [5, 5.41) is 1.43. The maximum absolute atomic E-state index is 14.5. The van der Waals surface area contributed by atoms with Crippen molar-refractivity contribution in [1.29, 1.82) is 0 Å². The average Bonchev–Trinajstić information content (AvgIpc) is 3.11. The second-order valence-corrected chi connectivity index (χ2v) is 10.4. The molecule has 4 aromatic rings. The molecule has 0 fully saturated rings. The summed E-state index contributed by atoms with van der Waals surface area (Å²) in [6.45, 7) is 0.467. The molecule has 5 rings (SSSR count). The third-order valence-corrected chi connectivity index (χ3v) is 8.49. The predicted octanol–water partition coefficient (Wildman–Crippen LogP) is 5.59. The number of anilines is 1. The van der Waals surface area contributed by atoms with E-state index in [0.717, 1.165) is 16.8 Å². The number of nitrogens with zero attached hydrogens (tertiary/aromatic N) is 1. The predicted molar refractivity (Wildman–Crippen MR) is 132 cm³/mol. The van der Waals surface area contributed by atoms with E-state index >= 15 is 0 Å². The first-order valence-corrected chi connectivity index (χ1v) is 12.3. The standard InChI is InChI=1S/C28H22NO2P/c30-28-26(21-32(31,23-14-6-2-7-15-23)24-16-8-3-9-17-24)25-18-10-11-19-27(25)29(28)20-22-12-4-1-5-13-22/h1-19,21H,20H2. The minimum atomic E-state index is -3.18. The normalized spacial score (nSPS) is 14.6. The van der Waals surface area contributed by atoms with Crippen LogP contribution in [0.2, 0.25) is 0 Å². The van der Waals surface area contributed by atoms with Crippen LogP contribution in [0.25, 0.3) is 5.57 Å². The molecule has 1 amide bonds. The Hall–Kier alpha value is -3.68. The number of para-hydroxylation sites is 1. The molecule has 4 heteroatoms. The molecule has 1 aliphatic rings. The molecule has 0 aliphatic carbocycles. The molecule has 0 saturated carbocycles. The van der Waals surface area contributed by atoms with E-state index < -0.39 is 7.14 Å². The van der Waals surface area contributed by atoms with Crippen molar-refractivity contribution in [3.63, 3.8) is 0 Å². The molecule has 156 valence electrons. The Bertz CT molecular complexity index is 1290. The van der Waals surface area contributed by atoms with Crippen molar-refractivity contribution in [2.45, 2.75) is 6.54 Å². The van der Waals surface area contributed by atoms with Crippen LogP contribution in [-0.2, 0) is 15.9 Å². The minimum Gasteiger partial charge on any atom is -0.309 e. The maximum Gasteiger partial charge on any atom is 0.259 e. The first kappa shape index (κ1) is 20.2. The van der Waals surface area contributed by atoms with Crippen molar-refractivity contribution in [1.82, 2.24) is 0 Å². The summed E-state index contributed by atoms with van der Waals surface area (Å²) in [5.41, 5.74) is 3.21. The van der Waals surface area contributed by atoms with E-state index in [4.69, 9.17) is 0 Å². The number of carbonyl (C=O) groups is 1. The minimum absolute atomic E-state index is 0.123. The maximum atomic E-state index is 14.5. The van der Waals surface area contributed by atoms with Crippen LogP contribution >= 0.6 is 7.14 Å². The summed E-state index contributed by atoms with van der Waals surface area (Å²) in [5.74, 6) is 1.59. The SMILES string of the molecule is O=C1C(=CP(=O)(c2ccccc2)c2ccccc2)c2ccccc2N1Cc1ccccc1. The van der Waals surface area contributed by atoms with E-state index in [0.29, 0.717) is 22.7 Å². The van der Waals surface area contributed by atoms with Crippen LogP contribution in [0.4, 0.5) is 5.69 Å². The fraction of sp³-hybridized carbons (Fsp3) is 0.0357. The molecular formula is C28H22NO2P. The number of benzene rings is 4. The van der Waals surface area contributed by atoms with Gasteiger partial charge in [-0.25, -0.2) is 0 Å². The van der Waals surface area contributed by atoms with Crippen LogP contribution in [0.1, 0.15) is 11.1 Å². The third kappa shape index (κ3) is 3.62. The zero-order chi connectivity index (χ0) is 22.0. The Morgan fingerprint density at radius 3 is 1.75 bits per heavy atom. The molecule has 32 heavy (non-hydrogen) atoms. The van der Waals surface area contributed by atoms with Crippen molar-refractivity contribution < 1.29 is 9.36 Å². The molecule has 1 aliphatic heterocycles. The van der Waals surface area contributed by atoms with E-state index in [1.165, 1.54) is 0 Å². The van der Waals surface area contributed by atoms with E-state index in [9.17, 15) is 9.36 Å². The van der Waals surface area contributed by atoms with E-state index in [2.05, 4.69) is 0 Å². The topological polar surface area (TPSA) is 37.4 Å². The highest BCUT2D eigenvalue weighted by Gasteiger charge is 2.35. The van der Waals surface area contributed by atoms with Gasteiger partial charge in [0.15, 0.2) is 7.14 Å². The summed E-state index contributed by atoms with van der Waals surface area (Å²) < 4.78 is 14.5.